The Bertz CT molecular complexity index is 385. The molecule has 1 aromatic rings. The van der Waals surface area contributed by atoms with Gasteiger partial charge in [-0.2, -0.15) is 0 Å². The van der Waals surface area contributed by atoms with Gasteiger partial charge in [0.15, 0.2) is 0 Å². The largest absolute Gasteiger partial charge is 0.370 e. The molecule has 0 spiro atoms. The molecule has 0 radical (unpaired) electrons. The van der Waals surface area contributed by atoms with E-state index in [0.717, 1.165) is 10.9 Å². The highest BCUT2D eigenvalue weighted by atomic mass is 79.9. The van der Waals surface area contributed by atoms with Gasteiger partial charge in [-0.1, -0.05) is 35.0 Å². The number of benzene rings is 1. The van der Waals surface area contributed by atoms with Crippen molar-refractivity contribution in [3.05, 3.63) is 34.3 Å². The minimum atomic E-state index is -0.436. The summed E-state index contributed by atoms with van der Waals surface area (Å²) in [5, 5.41) is 3.39. The molecule has 3 N–H and O–H groups in total. The monoisotopic (exact) mass is 314 g/mol. The minimum Gasteiger partial charge on any atom is -0.370 e. The first-order chi connectivity index (χ1) is 8.63. The van der Waals surface area contributed by atoms with E-state index in [2.05, 4.69) is 40.3 Å². The van der Waals surface area contributed by atoms with Gasteiger partial charge in [-0.05, 0) is 24.1 Å². The van der Waals surface area contributed by atoms with E-state index in [-0.39, 0.29) is 6.61 Å². The van der Waals surface area contributed by atoms with E-state index in [4.69, 9.17) is 10.5 Å². The molecule has 100 valence electrons. The Morgan fingerprint density at radius 2 is 2.33 bits per heavy atom. The van der Waals surface area contributed by atoms with E-state index in [1.807, 2.05) is 12.1 Å². The number of amides is 1. The van der Waals surface area contributed by atoms with Crippen LogP contribution in [0.15, 0.2) is 28.7 Å². The molecule has 0 fully saturated rings. The Labute approximate surface area is 116 Å². The summed E-state index contributed by atoms with van der Waals surface area (Å²) in [5.41, 5.74) is 6.22. The number of rotatable bonds is 8. The lowest BCUT2D eigenvalue weighted by molar-refractivity contribution is -0.122. The van der Waals surface area contributed by atoms with Crippen molar-refractivity contribution < 1.29 is 9.53 Å². The van der Waals surface area contributed by atoms with Gasteiger partial charge >= 0.3 is 0 Å². The Balaban J connectivity index is 2.36. The average Bonchev–Trinajstić information content (AvgIpc) is 2.33. The van der Waals surface area contributed by atoms with E-state index in [1.54, 1.807) is 0 Å². The molecule has 0 bridgehead atoms. The maximum atomic E-state index is 10.5. The van der Waals surface area contributed by atoms with Crippen LogP contribution < -0.4 is 11.1 Å². The average molecular weight is 315 g/mol. The third-order valence-corrected chi connectivity index (χ3v) is 3.03. The van der Waals surface area contributed by atoms with Gasteiger partial charge in [-0.15, -0.1) is 0 Å². The quantitative estimate of drug-likeness (QED) is 0.721. The van der Waals surface area contributed by atoms with Crippen molar-refractivity contribution in [1.29, 1.82) is 0 Å². The highest BCUT2D eigenvalue weighted by Gasteiger charge is 2.08. The van der Waals surface area contributed by atoms with Gasteiger partial charge in [0.25, 0.3) is 0 Å². The zero-order valence-electron chi connectivity index (χ0n) is 10.5. The number of hydrogen-bond donors (Lipinski definition) is 2. The standard InChI is InChI=1S/C13H19BrN2O2/c1-2-12(10-4-3-5-11(14)8-10)16-6-7-18-9-13(15)17/h3-5,8,12,16H,2,6-7,9H2,1H3,(H2,15,17). The second-order valence-electron chi connectivity index (χ2n) is 3.99. The fourth-order valence-electron chi connectivity index (χ4n) is 1.70. The van der Waals surface area contributed by atoms with E-state index < -0.39 is 5.91 Å². The van der Waals surface area contributed by atoms with Gasteiger partial charge in [-0.3, -0.25) is 4.79 Å². The van der Waals surface area contributed by atoms with Crippen LogP contribution in [-0.2, 0) is 9.53 Å². The molecule has 1 aromatic carbocycles. The second kappa shape index (κ2) is 8.24. The summed E-state index contributed by atoms with van der Waals surface area (Å²) in [6.45, 7) is 3.28. The van der Waals surface area contributed by atoms with Crippen LogP contribution in [0.1, 0.15) is 24.9 Å². The first-order valence-electron chi connectivity index (χ1n) is 5.98. The van der Waals surface area contributed by atoms with Crippen LogP contribution in [-0.4, -0.2) is 25.7 Å². The van der Waals surface area contributed by atoms with Crippen molar-refractivity contribution in [2.75, 3.05) is 19.8 Å². The number of carbonyl (C=O) groups excluding carboxylic acids is 1. The maximum Gasteiger partial charge on any atom is 0.243 e. The molecule has 1 amide bonds. The summed E-state index contributed by atoms with van der Waals surface area (Å²) in [5.74, 6) is -0.436. The number of carbonyl (C=O) groups is 1. The zero-order chi connectivity index (χ0) is 13.4. The van der Waals surface area contributed by atoms with Crippen molar-refractivity contribution in [3.8, 4) is 0 Å². The molecule has 0 heterocycles. The molecule has 1 atom stereocenters. The summed E-state index contributed by atoms with van der Waals surface area (Å²) in [6, 6.07) is 8.51. The van der Waals surface area contributed by atoms with Crippen LogP contribution in [0.4, 0.5) is 0 Å². The second-order valence-corrected chi connectivity index (χ2v) is 4.90. The summed E-state index contributed by atoms with van der Waals surface area (Å²) in [6.07, 6.45) is 0.992. The molecular formula is C13H19BrN2O2. The van der Waals surface area contributed by atoms with E-state index >= 15 is 0 Å². The van der Waals surface area contributed by atoms with Crippen molar-refractivity contribution >= 4 is 21.8 Å². The number of primary amides is 1. The molecule has 1 unspecified atom stereocenters. The number of hydrogen-bond acceptors (Lipinski definition) is 3. The summed E-state index contributed by atoms with van der Waals surface area (Å²) < 4.78 is 6.18. The van der Waals surface area contributed by atoms with Crippen LogP contribution in [0.2, 0.25) is 0 Å². The molecule has 0 aromatic heterocycles. The van der Waals surface area contributed by atoms with Crippen LogP contribution in [0.3, 0.4) is 0 Å². The molecule has 0 saturated carbocycles. The Morgan fingerprint density at radius 1 is 1.56 bits per heavy atom. The Morgan fingerprint density at radius 3 is 2.94 bits per heavy atom. The summed E-state index contributed by atoms with van der Waals surface area (Å²) in [4.78, 5) is 10.5. The number of nitrogens with two attached hydrogens (primary N) is 1. The molecule has 18 heavy (non-hydrogen) atoms. The smallest absolute Gasteiger partial charge is 0.243 e. The molecule has 0 aliphatic heterocycles. The van der Waals surface area contributed by atoms with E-state index in [9.17, 15) is 4.79 Å². The first kappa shape index (κ1) is 15.1. The molecule has 0 aliphatic carbocycles. The van der Waals surface area contributed by atoms with Gasteiger partial charge in [0.2, 0.25) is 5.91 Å². The normalized spacial score (nSPS) is 12.3. The van der Waals surface area contributed by atoms with Crippen molar-refractivity contribution in [2.45, 2.75) is 19.4 Å². The molecule has 4 nitrogen and oxygen atoms in total. The lowest BCUT2D eigenvalue weighted by Gasteiger charge is -2.17. The van der Waals surface area contributed by atoms with Gasteiger partial charge in [0, 0.05) is 17.1 Å². The highest BCUT2D eigenvalue weighted by molar-refractivity contribution is 9.10. The molecule has 0 saturated heterocycles. The predicted octanol–water partition coefficient (Wildman–Crippen LogP) is 1.99. The SMILES string of the molecule is CCC(NCCOCC(N)=O)c1cccc(Br)c1. The fraction of sp³-hybridized carbons (Fsp3) is 0.462. The third-order valence-electron chi connectivity index (χ3n) is 2.54. The number of ether oxygens (including phenoxy) is 1. The van der Waals surface area contributed by atoms with Crippen LogP contribution in [0, 0.1) is 0 Å². The molecule has 5 heteroatoms. The minimum absolute atomic E-state index is 0.0185. The molecule has 1 rings (SSSR count). The fourth-order valence-corrected chi connectivity index (χ4v) is 2.12. The molecule has 0 aliphatic rings. The van der Waals surface area contributed by atoms with Crippen LogP contribution in [0.25, 0.3) is 0 Å². The van der Waals surface area contributed by atoms with Crippen LogP contribution >= 0.6 is 15.9 Å². The van der Waals surface area contributed by atoms with Gasteiger partial charge in [-0.25, -0.2) is 0 Å². The van der Waals surface area contributed by atoms with E-state index in [0.29, 0.717) is 19.2 Å². The summed E-state index contributed by atoms with van der Waals surface area (Å²) in [7, 11) is 0. The van der Waals surface area contributed by atoms with Gasteiger partial charge in [0.1, 0.15) is 6.61 Å². The lowest BCUT2D eigenvalue weighted by Crippen LogP contribution is -2.27. The van der Waals surface area contributed by atoms with Crippen molar-refractivity contribution in [2.24, 2.45) is 5.73 Å². The highest BCUT2D eigenvalue weighted by Crippen LogP contribution is 2.20. The maximum absolute atomic E-state index is 10.5. The van der Waals surface area contributed by atoms with Crippen molar-refractivity contribution in [1.82, 2.24) is 5.32 Å². The lowest BCUT2D eigenvalue weighted by atomic mass is 10.1. The number of nitrogens with one attached hydrogen (secondary N) is 1. The van der Waals surface area contributed by atoms with Crippen molar-refractivity contribution in [3.63, 3.8) is 0 Å². The van der Waals surface area contributed by atoms with Gasteiger partial charge < -0.3 is 15.8 Å². The topological polar surface area (TPSA) is 64.3 Å². The zero-order valence-corrected chi connectivity index (χ0v) is 12.1. The first-order valence-corrected chi connectivity index (χ1v) is 6.77. The third kappa shape index (κ3) is 5.62. The predicted molar refractivity (Wildman–Crippen MR) is 75.2 cm³/mol. The van der Waals surface area contributed by atoms with E-state index in [1.165, 1.54) is 5.56 Å². The Kier molecular flexibility index (Phi) is 6.93. The van der Waals surface area contributed by atoms with Gasteiger partial charge in [0.05, 0.1) is 6.61 Å². The molecular weight excluding hydrogens is 296 g/mol. The Hall–Kier alpha value is -0.910. The summed E-state index contributed by atoms with van der Waals surface area (Å²) >= 11 is 3.46. The number of halogens is 1. The van der Waals surface area contributed by atoms with Crippen LogP contribution in [0.5, 0.6) is 0 Å².